The molecule has 3 heteroatoms. The van der Waals surface area contributed by atoms with Crippen molar-refractivity contribution >= 4 is 21.8 Å². The Kier molecular flexibility index (Phi) is 2.86. The van der Waals surface area contributed by atoms with Gasteiger partial charge in [-0.1, -0.05) is 36.4 Å². The van der Waals surface area contributed by atoms with E-state index in [9.17, 15) is 0 Å². The molecule has 0 fully saturated rings. The van der Waals surface area contributed by atoms with E-state index >= 15 is 0 Å². The van der Waals surface area contributed by atoms with Crippen LogP contribution in [0.5, 0.6) is 5.75 Å². The molecule has 0 amide bonds. The number of H-pyrrole nitrogens is 1. The Hall–Kier alpha value is -2.81. The number of hydrogen-bond acceptors (Lipinski definition) is 2. The van der Waals surface area contributed by atoms with Crippen molar-refractivity contribution in [2.45, 2.75) is 6.92 Å². The van der Waals surface area contributed by atoms with Crippen LogP contribution in [0.3, 0.4) is 0 Å². The maximum Gasteiger partial charge on any atom is 0.142 e. The fourth-order valence-corrected chi connectivity index (χ4v) is 2.91. The summed E-state index contributed by atoms with van der Waals surface area (Å²) in [6.45, 7) is 2.08. The van der Waals surface area contributed by atoms with E-state index < -0.39 is 0 Å². The van der Waals surface area contributed by atoms with Gasteiger partial charge in [0.05, 0.1) is 23.7 Å². The molecule has 4 aromatic rings. The van der Waals surface area contributed by atoms with Crippen LogP contribution in [0.15, 0.2) is 54.6 Å². The van der Waals surface area contributed by atoms with Crippen LogP contribution in [0, 0.1) is 6.92 Å². The summed E-state index contributed by atoms with van der Waals surface area (Å²) in [5.41, 5.74) is 4.24. The van der Waals surface area contributed by atoms with Crippen LogP contribution in [0.4, 0.5) is 0 Å². The summed E-state index contributed by atoms with van der Waals surface area (Å²) in [4.78, 5) is 8.18. The highest BCUT2D eigenvalue weighted by Gasteiger charge is 2.14. The second-order valence-electron chi connectivity index (χ2n) is 5.47. The first-order chi connectivity index (χ1) is 10.8. The van der Waals surface area contributed by atoms with Crippen molar-refractivity contribution in [2.75, 3.05) is 7.11 Å². The maximum absolute atomic E-state index is 5.57. The molecule has 3 nitrogen and oxygen atoms in total. The van der Waals surface area contributed by atoms with Crippen molar-refractivity contribution in [3.05, 3.63) is 60.2 Å². The molecule has 0 saturated heterocycles. The van der Waals surface area contributed by atoms with E-state index in [4.69, 9.17) is 9.72 Å². The highest BCUT2D eigenvalue weighted by Crippen LogP contribution is 2.36. The largest absolute Gasteiger partial charge is 0.496 e. The fraction of sp³-hybridized carbons (Fsp3) is 0.105. The molecule has 0 aliphatic heterocycles. The van der Waals surface area contributed by atoms with Crippen LogP contribution in [0.25, 0.3) is 33.2 Å². The molecule has 0 saturated carbocycles. The number of aromatic nitrogens is 2. The third kappa shape index (κ3) is 1.94. The molecule has 1 heterocycles. The summed E-state index contributed by atoms with van der Waals surface area (Å²) in [5.74, 6) is 1.67. The van der Waals surface area contributed by atoms with E-state index in [0.717, 1.165) is 33.6 Å². The van der Waals surface area contributed by atoms with Gasteiger partial charge in [-0.3, -0.25) is 0 Å². The van der Waals surface area contributed by atoms with Crippen LogP contribution in [0.2, 0.25) is 0 Å². The number of ether oxygens (including phenoxy) is 1. The van der Waals surface area contributed by atoms with Crippen molar-refractivity contribution in [3.63, 3.8) is 0 Å². The summed E-state index contributed by atoms with van der Waals surface area (Å²) in [6.07, 6.45) is 0. The molecule has 0 aliphatic rings. The number of imidazole rings is 1. The zero-order chi connectivity index (χ0) is 15.1. The minimum atomic E-state index is 0.828. The van der Waals surface area contributed by atoms with Gasteiger partial charge in [-0.05, 0) is 41.5 Å². The number of aromatic amines is 1. The molecule has 0 spiro atoms. The molecule has 3 aromatic carbocycles. The number of methoxy groups -OCH3 is 1. The maximum atomic E-state index is 5.57. The summed E-state index contributed by atoms with van der Waals surface area (Å²) in [5, 5.41) is 2.31. The lowest BCUT2D eigenvalue weighted by Crippen LogP contribution is -1.91. The second-order valence-corrected chi connectivity index (χ2v) is 5.47. The first-order valence-corrected chi connectivity index (χ1v) is 7.29. The van der Waals surface area contributed by atoms with E-state index in [1.807, 2.05) is 24.3 Å². The third-order valence-electron chi connectivity index (χ3n) is 3.98. The zero-order valence-corrected chi connectivity index (χ0v) is 12.6. The first kappa shape index (κ1) is 12.9. The topological polar surface area (TPSA) is 37.9 Å². The van der Waals surface area contributed by atoms with Crippen molar-refractivity contribution in [1.82, 2.24) is 9.97 Å². The first-order valence-electron chi connectivity index (χ1n) is 7.29. The third-order valence-corrected chi connectivity index (χ3v) is 3.98. The highest BCUT2D eigenvalue weighted by atomic mass is 16.5. The summed E-state index contributed by atoms with van der Waals surface area (Å²) >= 11 is 0. The number of rotatable bonds is 2. The predicted octanol–water partition coefficient (Wildman–Crippen LogP) is 4.70. The van der Waals surface area contributed by atoms with Crippen molar-refractivity contribution < 1.29 is 4.74 Å². The normalized spacial score (nSPS) is 11.2. The number of nitrogens with zero attached hydrogens (tertiary/aromatic N) is 1. The lowest BCUT2D eigenvalue weighted by molar-refractivity contribution is 0.417. The molecule has 0 bridgehead atoms. The van der Waals surface area contributed by atoms with Crippen molar-refractivity contribution in [2.24, 2.45) is 0 Å². The average Bonchev–Trinajstić information content (AvgIpc) is 2.96. The molecular weight excluding hydrogens is 272 g/mol. The molecule has 1 aromatic heterocycles. The van der Waals surface area contributed by atoms with Crippen LogP contribution in [-0.2, 0) is 0 Å². The van der Waals surface area contributed by atoms with Crippen LogP contribution >= 0.6 is 0 Å². The van der Waals surface area contributed by atoms with E-state index in [-0.39, 0.29) is 0 Å². The van der Waals surface area contributed by atoms with Crippen LogP contribution < -0.4 is 4.74 Å². The van der Waals surface area contributed by atoms with E-state index in [0.29, 0.717) is 0 Å². The van der Waals surface area contributed by atoms with Gasteiger partial charge in [-0.15, -0.1) is 0 Å². The minimum absolute atomic E-state index is 0.828. The fourth-order valence-electron chi connectivity index (χ4n) is 2.91. The standard InChI is InChI=1S/C19H16N2O/c1-12-7-9-15-16(11-12)21-19(20-15)18-14-6-4-3-5-13(14)8-10-17(18)22-2/h3-11H,1-2H3,(H,20,21). The van der Waals surface area contributed by atoms with Gasteiger partial charge < -0.3 is 9.72 Å². The van der Waals surface area contributed by atoms with Crippen molar-refractivity contribution in [3.8, 4) is 17.1 Å². The molecule has 108 valence electrons. The Morgan fingerprint density at radius 3 is 2.73 bits per heavy atom. The van der Waals surface area contributed by atoms with Gasteiger partial charge in [0.2, 0.25) is 0 Å². The Morgan fingerprint density at radius 2 is 1.86 bits per heavy atom. The SMILES string of the molecule is COc1ccc2ccccc2c1-c1nc2ccc(C)cc2[nH]1. The number of hydrogen-bond donors (Lipinski definition) is 1. The molecule has 22 heavy (non-hydrogen) atoms. The van der Waals surface area contributed by atoms with Crippen LogP contribution in [0.1, 0.15) is 5.56 Å². The van der Waals surface area contributed by atoms with Gasteiger partial charge in [0.25, 0.3) is 0 Å². The van der Waals surface area contributed by atoms with Crippen molar-refractivity contribution in [1.29, 1.82) is 0 Å². The Morgan fingerprint density at radius 1 is 1.00 bits per heavy atom. The van der Waals surface area contributed by atoms with E-state index in [2.05, 4.69) is 42.2 Å². The molecule has 0 aliphatic carbocycles. The lowest BCUT2D eigenvalue weighted by atomic mass is 10.0. The van der Waals surface area contributed by atoms with Gasteiger partial charge >= 0.3 is 0 Å². The van der Waals surface area contributed by atoms with E-state index in [1.54, 1.807) is 7.11 Å². The lowest BCUT2D eigenvalue weighted by Gasteiger charge is -2.09. The molecule has 0 radical (unpaired) electrons. The Labute approximate surface area is 128 Å². The van der Waals surface area contributed by atoms with Gasteiger partial charge in [-0.25, -0.2) is 4.98 Å². The molecule has 4 rings (SSSR count). The average molecular weight is 288 g/mol. The molecule has 0 unspecified atom stereocenters. The monoisotopic (exact) mass is 288 g/mol. The minimum Gasteiger partial charge on any atom is -0.496 e. The Balaban J connectivity index is 2.05. The molecule has 0 atom stereocenters. The number of fused-ring (bicyclic) bond motifs is 2. The van der Waals surface area contributed by atoms with Gasteiger partial charge in [0.1, 0.15) is 11.6 Å². The van der Waals surface area contributed by atoms with E-state index in [1.165, 1.54) is 10.9 Å². The second kappa shape index (κ2) is 4.88. The quantitative estimate of drug-likeness (QED) is 0.580. The number of nitrogens with one attached hydrogen (secondary N) is 1. The molecular formula is C19H16N2O. The zero-order valence-electron chi connectivity index (χ0n) is 12.6. The summed E-state index contributed by atoms with van der Waals surface area (Å²) < 4.78 is 5.57. The Bertz CT molecular complexity index is 985. The van der Waals surface area contributed by atoms with Gasteiger partial charge in [0.15, 0.2) is 0 Å². The predicted molar refractivity (Wildman–Crippen MR) is 90.3 cm³/mol. The summed E-state index contributed by atoms with van der Waals surface area (Å²) in [6, 6.07) is 18.6. The van der Waals surface area contributed by atoms with Crippen LogP contribution in [-0.4, -0.2) is 17.1 Å². The molecule has 1 N–H and O–H groups in total. The van der Waals surface area contributed by atoms with Gasteiger partial charge in [0, 0.05) is 0 Å². The highest BCUT2D eigenvalue weighted by molar-refractivity contribution is 5.99. The summed E-state index contributed by atoms with van der Waals surface area (Å²) in [7, 11) is 1.69. The smallest absolute Gasteiger partial charge is 0.142 e. The number of aryl methyl sites for hydroxylation is 1. The van der Waals surface area contributed by atoms with Gasteiger partial charge in [-0.2, -0.15) is 0 Å². The number of benzene rings is 3.